The standard InChI is InChI=1S/C21H18N2O2S/c1-14-7-15(2)9-18(8-14)19(24)10-21-23(20(25)13-26-21)12-17-5-3-16(11-22)4-6-17/h3-10H,12-13H2,1-2H3. The number of amides is 1. The van der Waals surface area contributed by atoms with Gasteiger partial charge in [-0.05, 0) is 43.7 Å². The van der Waals surface area contributed by atoms with Crippen LogP contribution in [0.15, 0.2) is 53.6 Å². The topological polar surface area (TPSA) is 61.2 Å². The minimum atomic E-state index is -0.0983. The third-order valence-electron chi connectivity index (χ3n) is 4.10. The molecule has 0 radical (unpaired) electrons. The van der Waals surface area contributed by atoms with Crippen molar-refractivity contribution in [3.05, 3.63) is 81.4 Å². The SMILES string of the molecule is Cc1cc(C)cc(C(=O)C=C2SCC(=O)N2Cc2ccc(C#N)cc2)c1. The summed E-state index contributed by atoms with van der Waals surface area (Å²) < 4.78 is 0. The first-order valence-electron chi connectivity index (χ1n) is 8.23. The molecule has 0 spiro atoms. The van der Waals surface area contributed by atoms with Gasteiger partial charge in [0.2, 0.25) is 5.91 Å². The Hall–Kier alpha value is -2.84. The number of benzene rings is 2. The molecule has 0 aliphatic carbocycles. The number of carbonyl (C=O) groups is 2. The molecule has 1 saturated heterocycles. The van der Waals surface area contributed by atoms with Crippen LogP contribution in [0.1, 0.15) is 32.6 Å². The monoisotopic (exact) mass is 362 g/mol. The number of aryl methyl sites for hydroxylation is 2. The second kappa shape index (κ2) is 7.59. The van der Waals surface area contributed by atoms with E-state index in [1.54, 1.807) is 23.1 Å². The molecule has 0 unspecified atom stereocenters. The molecule has 4 nitrogen and oxygen atoms in total. The lowest BCUT2D eigenvalue weighted by molar-refractivity contribution is -0.125. The van der Waals surface area contributed by atoms with E-state index in [9.17, 15) is 9.59 Å². The molecule has 0 atom stereocenters. The van der Waals surface area contributed by atoms with Crippen LogP contribution in [-0.4, -0.2) is 22.3 Å². The molecule has 1 aliphatic heterocycles. The van der Waals surface area contributed by atoms with E-state index in [4.69, 9.17) is 5.26 Å². The second-order valence-corrected chi connectivity index (χ2v) is 7.30. The van der Waals surface area contributed by atoms with E-state index in [0.717, 1.165) is 16.7 Å². The summed E-state index contributed by atoms with van der Waals surface area (Å²) >= 11 is 1.38. The van der Waals surface area contributed by atoms with Gasteiger partial charge < -0.3 is 4.90 Å². The van der Waals surface area contributed by atoms with Crippen molar-refractivity contribution < 1.29 is 9.59 Å². The number of hydrogen-bond acceptors (Lipinski definition) is 4. The summed E-state index contributed by atoms with van der Waals surface area (Å²) in [6, 6.07) is 14.9. The molecule has 0 N–H and O–H groups in total. The van der Waals surface area contributed by atoms with Crippen molar-refractivity contribution in [3.63, 3.8) is 0 Å². The minimum absolute atomic E-state index is 0.0150. The Balaban J connectivity index is 1.83. The maximum absolute atomic E-state index is 12.6. The molecule has 2 aromatic rings. The number of rotatable bonds is 4. The maximum Gasteiger partial charge on any atom is 0.238 e. The van der Waals surface area contributed by atoms with Crippen molar-refractivity contribution >= 4 is 23.5 Å². The number of carbonyl (C=O) groups excluding carboxylic acids is 2. The van der Waals surface area contributed by atoms with Crippen LogP contribution in [0.4, 0.5) is 0 Å². The van der Waals surface area contributed by atoms with E-state index in [1.165, 1.54) is 11.8 Å². The molecule has 3 rings (SSSR count). The predicted octanol–water partition coefficient (Wildman–Crippen LogP) is 3.97. The van der Waals surface area contributed by atoms with Crippen molar-refractivity contribution in [1.29, 1.82) is 5.26 Å². The average Bonchev–Trinajstić information content (AvgIpc) is 2.95. The summed E-state index contributed by atoms with van der Waals surface area (Å²) in [5.74, 6) is 0.222. The molecule has 26 heavy (non-hydrogen) atoms. The van der Waals surface area contributed by atoms with Gasteiger partial charge in [-0.2, -0.15) is 5.26 Å². The zero-order valence-corrected chi connectivity index (χ0v) is 15.5. The van der Waals surface area contributed by atoms with E-state index < -0.39 is 0 Å². The van der Waals surface area contributed by atoms with Crippen LogP contribution in [0.3, 0.4) is 0 Å². The Bertz CT molecular complexity index is 919. The van der Waals surface area contributed by atoms with Crippen LogP contribution in [0.2, 0.25) is 0 Å². The maximum atomic E-state index is 12.6. The Morgan fingerprint density at radius 2 is 1.85 bits per heavy atom. The summed E-state index contributed by atoms with van der Waals surface area (Å²) in [5, 5.41) is 9.55. The lowest BCUT2D eigenvalue weighted by Crippen LogP contribution is -2.24. The predicted molar refractivity (Wildman–Crippen MR) is 102 cm³/mol. The highest BCUT2D eigenvalue weighted by molar-refractivity contribution is 8.04. The van der Waals surface area contributed by atoms with Crippen LogP contribution in [0.25, 0.3) is 0 Å². The molecule has 1 aliphatic rings. The highest BCUT2D eigenvalue weighted by Crippen LogP contribution is 2.31. The van der Waals surface area contributed by atoms with E-state index in [0.29, 0.717) is 28.5 Å². The number of ketones is 1. The second-order valence-electron chi connectivity index (χ2n) is 6.30. The molecular formula is C21H18N2O2S. The Morgan fingerprint density at radius 1 is 1.19 bits per heavy atom. The third-order valence-corrected chi connectivity index (χ3v) is 5.12. The summed E-state index contributed by atoms with van der Waals surface area (Å²) in [6.07, 6.45) is 1.55. The minimum Gasteiger partial charge on any atom is -0.301 e. The number of thioether (sulfide) groups is 1. The number of allylic oxidation sites excluding steroid dienone is 1. The average molecular weight is 362 g/mol. The first-order valence-corrected chi connectivity index (χ1v) is 9.21. The van der Waals surface area contributed by atoms with E-state index in [2.05, 4.69) is 6.07 Å². The van der Waals surface area contributed by atoms with Crippen LogP contribution in [-0.2, 0) is 11.3 Å². The van der Waals surface area contributed by atoms with E-state index in [1.807, 2.05) is 44.2 Å². The number of nitriles is 1. The molecule has 0 aromatic heterocycles. The zero-order chi connectivity index (χ0) is 18.7. The summed E-state index contributed by atoms with van der Waals surface area (Å²) in [6.45, 7) is 4.31. The largest absolute Gasteiger partial charge is 0.301 e. The molecular weight excluding hydrogens is 344 g/mol. The van der Waals surface area contributed by atoms with E-state index in [-0.39, 0.29) is 11.7 Å². The first kappa shape index (κ1) is 18.0. The molecule has 5 heteroatoms. The van der Waals surface area contributed by atoms with Crippen molar-refractivity contribution in [3.8, 4) is 6.07 Å². The summed E-state index contributed by atoms with van der Waals surface area (Å²) in [5.41, 5.74) is 4.21. The molecule has 2 aromatic carbocycles. The molecule has 1 fully saturated rings. The quantitative estimate of drug-likeness (QED) is 0.610. The highest BCUT2D eigenvalue weighted by Gasteiger charge is 2.27. The van der Waals surface area contributed by atoms with Gasteiger partial charge >= 0.3 is 0 Å². The first-order chi connectivity index (χ1) is 12.5. The number of hydrogen-bond donors (Lipinski definition) is 0. The van der Waals surface area contributed by atoms with Gasteiger partial charge in [-0.1, -0.05) is 41.1 Å². The Kier molecular flexibility index (Phi) is 5.24. The normalized spacial score (nSPS) is 15.3. The number of nitrogens with zero attached hydrogens (tertiary/aromatic N) is 2. The van der Waals surface area contributed by atoms with Crippen molar-refractivity contribution in [2.24, 2.45) is 0 Å². The molecule has 0 saturated carbocycles. The van der Waals surface area contributed by atoms with Gasteiger partial charge in [0.05, 0.1) is 29.0 Å². The van der Waals surface area contributed by atoms with Gasteiger partial charge in [-0.15, -0.1) is 0 Å². The lowest BCUT2D eigenvalue weighted by Gasteiger charge is -2.17. The molecule has 130 valence electrons. The van der Waals surface area contributed by atoms with Crippen LogP contribution in [0.5, 0.6) is 0 Å². The zero-order valence-electron chi connectivity index (χ0n) is 14.7. The van der Waals surface area contributed by atoms with Gasteiger partial charge in [0, 0.05) is 11.6 Å². The van der Waals surface area contributed by atoms with Crippen molar-refractivity contribution in [2.75, 3.05) is 5.75 Å². The van der Waals surface area contributed by atoms with Gasteiger partial charge in [0.25, 0.3) is 0 Å². The highest BCUT2D eigenvalue weighted by atomic mass is 32.2. The van der Waals surface area contributed by atoms with Gasteiger partial charge in [-0.25, -0.2) is 0 Å². The summed E-state index contributed by atoms with van der Waals surface area (Å²) in [4.78, 5) is 26.5. The molecule has 1 amide bonds. The smallest absolute Gasteiger partial charge is 0.238 e. The van der Waals surface area contributed by atoms with Crippen LogP contribution < -0.4 is 0 Å². The van der Waals surface area contributed by atoms with Gasteiger partial charge in [-0.3, -0.25) is 9.59 Å². The molecule has 0 bridgehead atoms. The lowest BCUT2D eigenvalue weighted by atomic mass is 10.0. The fourth-order valence-corrected chi connectivity index (χ4v) is 3.82. The van der Waals surface area contributed by atoms with Crippen LogP contribution >= 0.6 is 11.8 Å². The Labute approximate surface area is 157 Å². The van der Waals surface area contributed by atoms with Gasteiger partial charge in [0.1, 0.15) is 0 Å². The molecule has 1 heterocycles. The van der Waals surface area contributed by atoms with Crippen molar-refractivity contribution in [2.45, 2.75) is 20.4 Å². The Morgan fingerprint density at radius 3 is 2.46 bits per heavy atom. The third kappa shape index (κ3) is 4.04. The fourth-order valence-electron chi connectivity index (χ4n) is 2.88. The summed E-state index contributed by atoms with van der Waals surface area (Å²) in [7, 11) is 0. The van der Waals surface area contributed by atoms with Gasteiger partial charge in [0.15, 0.2) is 5.78 Å². The fraction of sp³-hybridized carbons (Fsp3) is 0.190. The van der Waals surface area contributed by atoms with Crippen molar-refractivity contribution in [1.82, 2.24) is 4.90 Å². The van der Waals surface area contributed by atoms with E-state index >= 15 is 0 Å². The van der Waals surface area contributed by atoms with Crippen LogP contribution in [0, 0.1) is 25.2 Å².